The SMILES string of the molecule is Brc1ccc2c(c1)c1cccc(Br)c1n2-c1cccc([Si](c2ccccc2)(c2ccccc2)c2ccccc2)c1. The van der Waals surface area contributed by atoms with Gasteiger partial charge < -0.3 is 4.57 Å². The predicted octanol–water partition coefficient (Wildman–Crippen LogP) is 7.69. The van der Waals surface area contributed by atoms with Gasteiger partial charge in [0.25, 0.3) is 0 Å². The van der Waals surface area contributed by atoms with Gasteiger partial charge in [-0.15, -0.1) is 0 Å². The van der Waals surface area contributed by atoms with Crippen molar-refractivity contribution < 1.29 is 0 Å². The Hall–Kier alpha value is -3.70. The van der Waals surface area contributed by atoms with Crippen LogP contribution in [-0.4, -0.2) is 12.6 Å². The lowest BCUT2D eigenvalue weighted by molar-refractivity contribution is 1.18. The van der Waals surface area contributed by atoms with Crippen LogP contribution >= 0.6 is 31.9 Å². The summed E-state index contributed by atoms with van der Waals surface area (Å²) < 4.78 is 4.57. The average molecular weight is 659 g/mol. The molecule has 0 aliphatic carbocycles. The third kappa shape index (κ3) is 4.02. The van der Waals surface area contributed by atoms with Gasteiger partial charge in [-0.2, -0.15) is 0 Å². The van der Waals surface area contributed by atoms with Crippen LogP contribution in [0.2, 0.25) is 0 Å². The van der Waals surface area contributed by atoms with Gasteiger partial charge in [-0.05, 0) is 73.1 Å². The molecule has 0 radical (unpaired) electrons. The molecule has 1 heterocycles. The van der Waals surface area contributed by atoms with Gasteiger partial charge in [0.2, 0.25) is 0 Å². The first kappa shape index (κ1) is 25.3. The Kier molecular flexibility index (Phi) is 6.55. The van der Waals surface area contributed by atoms with Crippen molar-refractivity contribution in [2.75, 3.05) is 0 Å². The van der Waals surface area contributed by atoms with E-state index in [1.807, 2.05) is 0 Å². The summed E-state index contributed by atoms with van der Waals surface area (Å²) in [6.45, 7) is 0. The van der Waals surface area contributed by atoms with Gasteiger partial charge in [0.1, 0.15) is 0 Å². The van der Waals surface area contributed by atoms with Crippen molar-refractivity contribution in [2.24, 2.45) is 0 Å². The highest BCUT2D eigenvalue weighted by Crippen LogP contribution is 2.37. The van der Waals surface area contributed by atoms with Crippen molar-refractivity contribution in [1.82, 2.24) is 4.57 Å². The van der Waals surface area contributed by atoms with Gasteiger partial charge in [-0.3, -0.25) is 0 Å². The highest BCUT2D eigenvalue weighted by Gasteiger charge is 2.41. The fourth-order valence-electron chi connectivity index (χ4n) is 6.21. The minimum absolute atomic E-state index is 1.08. The molecule has 0 spiro atoms. The first-order chi connectivity index (χ1) is 19.7. The summed E-state index contributed by atoms with van der Waals surface area (Å²) in [7, 11) is -2.63. The van der Waals surface area contributed by atoms with E-state index in [0.29, 0.717) is 0 Å². The summed E-state index contributed by atoms with van der Waals surface area (Å²) in [6.07, 6.45) is 0. The monoisotopic (exact) mass is 657 g/mol. The first-order valence-electron chi connectivity index (χ1n) is 13.3. The minimum Gasteiger partial charge on any atom is -0.308 e. The Morgan fingerprint density at radius 2 is 1.00 bits per heavy atom. The van der Waals surface area contributed by atoms with E-state index in [4.69, 9.17) is 0 Å². The molecule has 7 aromatic rings. The number of rotatable bonds is 5. The summed E-state index contributed by atoms with van der Waals surface area (Å²) in [5.41, 5.74) is 3.53. The molecule has 0 bridgehead atoms. The van der Waals surface area contributed by atoms with Crippen LogP contribution in [-0.2, 0) is 0 Å². The zero-order chi connectivity index (χ0) is 27.1. The number of benzene rings is 6. The van der Waals surface area contributed by atoms with Crippen LogP contribution in [0.3, 0.4) is 0 Å². The first-order valence-corrected chi connectivity index (χ1v) is 16.9. The second kappa shape index (κ2) is 10.4. The molecule has 0 aliphatic heterocycles. The number of halogens is 2. The van der Waals surface area contributed by atoms with Crippen molar-refractivity contribution in [2.45, 2.75) is 0 Å². The van der Waals surface area contributed by atoms with Crippen LogP contribution < -0.4 is 20.7 Å². The smallest absolute Gasteiger partial charge is 0.179 e. The highest BCUT2D eigenvalue weighted by atomic mass is 79.9. The summed E-state index contributed by atoms with van der Waals surface area (Å²) >= 11 is 7.59. The molecule has 1 aromatic heterocycles. The topological polar surface area (TPSA) is 4.93 Å². The molecule has 6 aromatic carbocycles. The Bertz CT molecular complexity index is 1870. The summed E-state index contributed by atoms with van der Waals surface area (Å²) in [6, 6.07) is 55.5. The fraction of sp³-hybridized carbons (Fsp3) is 0. The van der Waals surface area contributed by atoms with Crippen molar-refractivity contribution >= 4 is 82.5 Å². The molecule has 0 saturated carbocycles. The van der Waals surface area contributed by atoms with Gasteiger partial charge in [0, 0.05) is 25.4 Å². The van der Waals surface area contributed by atoms with Crippen molar-refractivity contribution in [3.05, 3.63) is 161 Å². The number of fused-ring (bicyclic) bond motifs is 3. The lowest BCUT2D eigenvalue weighted by Gasteiger charge is -2.34. The van der Waals surface area contributed by atoms with Gasteiger partial charge >= 0.3 is 0 Å². The van der Waals surface area contributed by atoms with Crippen LogP contribution in [0.1, 0.15) is 0 Å². The second-order valence-corrected chi connectivity index (χ2v) is 15.6. The maximum atomic E-state index is 3.89. The van der Waals surface area contributed by atoms with Crippen LogP contribution in [0.4, 0.5) is 0 Å². The summed E-state index contributed by atoms with van der Waals surface area (Å²) in [4.78, 5) is 0. The molecule has 0 fully saturated rings. The third-order valence-corrected chi connectivity index (χ3v) is 13.8. The number of nitrogens with zero attached hydrogens (tertiary/aromatic N) is 1. The summed E-state index contributed by atoms with van der Waals surface area (Å²) in [5.74, 6) is 0. The fourth-order valence-corrected chi connectivity index (χ4v) is 11.9. The van der Waals surface area contributed by atoms with Gasteiger partial charge in [0.05, 0.1) is 11.0 Å². The van der Waals surface area contributed by atoms with Crippen LogP contribution in [0.15, 0.2) is 161 Å². The molecule has 1 nitrogen and oxygen atoms in total. The van der Waals surface area contributed by atoms with Crippen molar-refractivity contribution in [1.29, 1.82) is 0 Å². The zero-order valence-corrected chi connectivity index (χ0v) is 25.8. The quantitative estimate of drug-likeness (QED) is 0.132. The zero-order valence-electron chi connectivity index (χ0n) is 21.6. The van der Waals surface area contributed by atoms with Crippen LogP contribution in [0.25, 0.3) is 27.5 Å². The maximum Gasteiger partial charge on any atom is 0.179 e. The Morgan fingerprint density at radius 3 is 1.60 bits per heavy atom. The molecular formula is C36H25Br2NSi. The molecular weight excluding hydrogens is 634 g/mol. The lowest BCUT2D eigenvalue weighted by atomic mass is 10.2. The molecule has 0 atom stereocenters. The van der Waals surface area contributed by atoms with E-state index in [0.717, 1.165) is 14.6 Å². The Balaban J connectivity index is 1.59. The van der Waals surface area contributed by atoms with Crippen molar-refractivity contribution in [3.63, 3.8) is 0 Å². The van der Waals surface area contributed by atoms with E-state index in [-0.39, 0.29) is 0 Å². The molecule has 0 N–H and O–H groups in total. The van der Waals surface area contributed by atoms with E-state index in [9.17, 15) is 0 Å². The third-order valence-electron chi connectivity index (χ3n) is 7.86. The van der Waals surface area contributed by atoms with Gasteiger partial charge in [0.15, 0.2) is 8.07 Å². The Morgan fingerprint density at radius 1 is 0.450 bits per heavy atom. The van der Waals surface area contributed by atoms with Crippen LogP contribution in [0.5, 0.6) is 0 Å². The maximum absolute atomic E-state index is 3.89. The highest BCUT2D eigenvalue weighted by molar-refractivity contribution is 9.11. The standard InChI is InChI=1S/C36H25Br2NSi/c37-26-22-23-35-33(24-26)32-20-11-21-34(38)36(32)39(35)27-12-10-19-31(25-27)40(28-13-4-1-5-14-28,29-15-6-2-7-16-29)30-17-8-3-9-18-30/h1-25H. The number of aromatic nitrogens is 1. The van der Waals surface area contributed by atoms with E-state index < -0.39 is 8.07 Å². The van der Waals surface area contributed by atoms with Gasteiger partial charge in [-0.1, -0.05) is 131 Å². The molecule has 4 heteroatoms. The van der Waals surface area contributed by atoms with Crippen LogP contribution in [0, 0.1) is 0 Å². The average Bonchev–Trinajstić information content (AvgIpc) is 3.34. The van der Waals surface area contributed by atoms with E-state index >= 15 is 0 Å². The summed E-state index contributed by atoms with van der Waals surface area (Å²) in [5, 5.41) is 7.93. The largest absolute Gasteiger partial charge is 0.308 e. The number of hydrogen-bond acceptors (Lipinski definition) is 0. The van der Waals surface area contributed by atoms with E-state index in [2.05, 4.69) is 188 Å². The Labute approximate surface area is 252 Å². The molecule has 0 saturated heterocycles. The molecule has 0 unspecified atom stereocenters. The minimum atomic E-state index is -2.63. The normalized spacial score (nSPS) is 11.8. The number of para-hydroxylation sites is 1. The lowest BCUT2D eigenvalue weighted by Crippen LogP contribution is -2.74. The second-order valence-electron chi connectivity index (χ2n) is 10.0. The van der Waals surface area contributed by atoms with Gasteiger partial charge in [-0.25, -0.2) is 0 Å². The molecule has 0 amide bonds. The molecule has 40 heavy (non-hydrogen) atoms. The predicted molar refractivity (Wildman–Crippen MR) is 180 cm³/mol. The van der Waals surface area contributed by atoms with E-state index in [1.165, 1.54) is 42.6 Å². The molecule has 0 aliphatic rings. The van der Waals surface area contributed by atoms with Crippen molar-refractivity contribution in [3.8, 4) is 5.69 Å². The molecule has 192 valence electrons. The van der Waals surface area contributed by atoms with E-state index in [1.54, 1.807) is 0 Å². The number of hydrogen-bond donors (Lipinski definition) is 0. The molecule has 7 rings (SSSR count).